The second kappa shape index (κ2) is 7.63. The van der Waals surface area contributed by atoms with Gasteiger partial charge in [0, 0.05) is 26.4 Å². The number of halogens is 3. The van der Waals surface area contributed by atoms with Crippen LogP contribution in [0, 0.1) is 0 Å². The molecule has 0 saturated carbocycles. The van der Waals surface area contributed by atoms with Crippen molar-refractivity contribution in [2.75, 3.05) is 6.61 Å². The molecule has 2 aromatic rings. The summed E-state index contributed by atoms with van der Waals surface area (Å²) >= 11 is 0. The zero-order chi connectivity index (χ0) is 19.5. The van der Waals surface area contributed by atoms with Crippen LogP contribution in [0.3, 0.4) is 0 Å². The van der Waals surface area contributed by atoms with E-state index in [1.165, 1.54) is 30.5 Å². The van der Waals surface area contributed by atoms with Crippen LogP contribution in [0.25, 0.3) is 11.1 Å². The summed E-state index contributed by atoms with van der Waals surface area (Å²) in [5.41, 5.74) is -1.18. The molecule has 0 radical (unpaired) electrons. The van der Waals surface area contributed by atoms with Gasteiger partial charge in [0.05, 0.1) is 5.56 Å². The van der Waals surface area contributed by atoms with Gasteiger partial charge in [0.15, 0.2) is 5.69 Å². The average Bonchev–Trinajstić information content (AvgIpc) is 2.95. The Labute approximate surface area is 150 Å². The molecule has 0 bridgehead atoms. The fourth-order valence-corrected chi connectivity index (χ4v) is 3.02. The maximum Gasteiger partial charge on any atom is 0.435 e. The molecule has 1 heterocycles. The third-order valence-electron chi connectivity index (χ3n) is 3.67. The van der Waals surface area contributed by atoms with Crippen molar-refractivity contribution in [2.45, 2.75) is 38.6 Å². The molecular formula is C17H21F3N2O3Si. The molecule has 1 aromatic carbocycles. The summed E-state index contributed by atoms with van der Waals surface area (Å²) < 4.78 is 46.5. The van der Waals surface area contributed by atoms with Gasteiger partial charge in [-0.15, -0.1) is 0 Å². The van der Waals surface area contributed by atoms with Crippen molar-refractivity contribution in [3.05, 3.63) is 41.7 Å². The summed E-state index contributed by atoms with van der Waals surface area (Å²) in [6.07, 6.45) is -3.42. The number of hydrogen-bond acceptors (Lipinski definition) is 3. The molecule has 0 fully saturated rings. The first-order chi connectivity index (χ1) is 12.0. The van der Waals surface area contributed by atoms with Gasteiger partial charge in [-0.1, -0.05) is 31.8 Å². The van der Waals surface area contributed by atoms with E-state index in [-0.39, 0.29) is 23.4 Å². The summed E-state index contributed by atoms with van der Waals surface area (Å²) in [6.45, 7) is 6.91. The van der Waals surface area contributed by atoms with Crippen LogP contribution < -0.4 is 0 Å². The Hall–Kier alpha value is -2.13. The minimum atomic E-state index is -4.65. The Bertz CT molecular complexity index is 782. The lowest BCUT2D eigenvalue weighted by molar-refractivity contribution is -0.141. The van der Waals surface area contributed by atoms with Crippen LogP contribution in [0.4, 0.5) is 13.2 Å². The Morgan fingerprint density at radius 1 is 1.31 bits per heavy atom. The fraction of sp³-hybridized carbons (Fsp3) is 0.412. The van der Waals surface area contributed by atoms with Crippen molar-refractivity contribution in [1.82, 2.24) is 9.78 Å². The molecule has 142 valence electrons. The van der Waals surface area contributed by atoms with Crippen LogP contribution >= 0.6 is 0 Å². The van der Waals surface area contributed by atoms with Crippen LogP contribution in [-0.2, 0) is 17.6 Å². The van der Waals surface area contributed by atoms with Crippen LogP contribution in [-0.4, -0.2) is 35.5 Å². The number of carboxylic acids is 1. The molecule has 0 aliphatic heterocycles. The van der Waals surface area contributed by atoms with E-state index in [9.17, 15) is 18.0 Å². The molecule has 9 heteroatoms. The summed E-state index contributed by atoms with van der Waals surface area (Å²) in [7, 11) is -1.29. The average molecular weight is 386 g/mol. The Morgan fingerprint density at radius 3 is 2.58 bits per heavy atom. The number of nitrogens with zero attached hydrogens (tertiary/aromatic N) is 2. The summed E-state index contributed by atoms with van der Waals surface area (Å²) in [4.78, 5) is 11.1. The molecule has 26 heavy (non-hydrogen) atoms. The van der Waals surface area contributed by atoms with Crippen molar-refractivity contribution in [2.24, 2.45) is 0 Å². The van der Waals surface area contributed by atoms with E-state index in [0.29, 0.717) is 6.61 Å². The molecule has 0 amide bonds. The molecule has 0 unspecified atom stereocenters. The number of hydrogen-bond donors (Lipinski definition) is 1. The molecule has 1 aromatic heterocycles. The Balaban J connectivity index is 2.27. The van der Waals surface area contributed by atoms with E-state index >= 15 is 0 Å². The molecule has 5 nitrogen and oxygen atoms in total. The predicted octanol–water partition coefficient (Wildman–Crippen LogP) is 4.58. The molecule has 0 aliphatic rings. The second-order valence-corrected chi connectivity index (χ2v) is 12.8. The van der Waals surface area contributed by atoms with Crippen LogP contribution in [0.1, 0.15) is 16.1 Å². The van der Waals surface area contributed by atoms with Gasteiger partial charge in [-0.3, -0.25) is 0 Å². The fourth-order valence-electron chi connectivity index (χ4n) is 2.26. The molecule has 2 rings (SSSR count). The Morgan fingerprint density at radius 2 is 2.00 bits per heavy atom. The highest BCUT2D eigenvalue weighted by Crippen LogP contribution is 2.36. The van der Waals surface area contributed by atoms with Crippen molar-refractivity contribution in [1.29, 1.82) is 0 Å². The first kappa shape index (κ1) is 20.2. The first-order valence-corrected chi connectivity index (χ1v) is 11.7. The highest BCUT2D eigenvalue weighted by Gasteiger charge is 2.37. The Kier molecular flexibility index (Phi) is 5.92. The van der Waals surface area contributed by atoms with Crippen LogP contribution in [0.15, 0.2) is 30.5 Å². The largest absolute Gasteiger partial charge is 0.478 e. The van der Waals surface area contributed by atoms with Gasteiger partial charge in [0.2, 0.25) is 0 Å². The van der Waals surface area contributed by atoms with E-state index in [2.05, 4.69) is 24.7 Å². The monoisotopic (exact) mass is 386 g/mol. The topological polar surface area (TPSA) is 64.3 Å². The van der Waals surface area contributed by atoms with Crippen molar-refractivity contribution in [3.8, 4) is 11.1 Å². The normalized spacial score (nSPS) is 12.4. The third-order valence-corrected chi connectivity index (χ3v) is 5.37. The maximum atomic E-state index is 13.3. The van der Waals surface area contributed by atoms with Crippen molar-refractivity contribution < 1.29 is 27.8 Å². The van der Waals surface area contributed by atoms with Gasteiger partial charge < -0.3 is 9.84 Å². The summed E-state index contributed by atoms with van der Waals surface area (Å²) in [5.74, 6) is -1.21. The number of aromatic nitrogens is 2. The zero-order valence-corrected chi connectivity index (χ0v) is 15.8. The summed E-state index contributed by atoms with van der Waals surface area (Å²) in [6, 6.07) is 6.25. The molecule has 0 spiro atoms. The van der Waals surface area contributed by atoms with Gasteiger partial charge in [-0.2, -0.15) is 18.3 Å². The number of benzene rings is 1. The van der Waals surface area contributed by atoms with E-state index in [1.54, 1.807) is 0 Å². The number of ether oxygens (including phenoxy) is 1. The number of carboxylic acid groups (broad SMARTS) is 1. The lowest BCUT2D eigenvalue weighted by Crippen LogP contribution is -2.22. The van der Waals surface area contributed by atoms with Gasteiger partial charge in [-0.05, 0) is 23.7 Å². The number of rotatable bonds is 7. The van der Waals surface area contributed by atoms with Gasteiger partial charge in [0.1, 0.15) is 6.73 Å². The molecule has 0 atom stereocenters. The number of aromatic carboxylic acids is 1. The SMILES string of the molecule is C[Si](C)(C)CCOCn1cc(-c2cccc(C(=O)O)c2)c(C(F)(F)F)n1. The van der Waals surface area contributed by atoms with E-state index < -0.39 is 25.9 Å². The minimum Gasteiger partial charge on any atom is -0.478 e. The van der Waals surface area contributed by atoms with E-state index in [0.717, 1.165) is 10.7 Å². The first-order valence-electron chi connectivity index (χ1n) is 8.03. The zero-order valence-electron chi connectivity index (χ0n) is 14.8. The van der Waals surface area contributed by atoms with Crippen LogP contribution in [0.2, 0.25) is 25.7 Å². The summed E-state index contributed by atoms with van der Waals surface area (Å²) in [5, 5.41) is 12.6. The lowest BCUT2D eigenvalue weighted by atomic mass is 10.0. The molecule has 0 aliphatic carbocycles. The smallest absolute Gasteiger partial charge is 0.435 e. The standard InChI is InChI=1S/C17H21F3N2O3Si/c1-26(2,3)8-7-25-11-22-10-14(15(21-22)17(18,19)20)12-5-4-6-13(9-12)16(23)24/h4-6,9-10H,7-8,11H2,1-3H3,(H,23,24). The molecule has 1 N–H and O–H groups in total. The van der Waals surface area contributed by atoms with Gasteiger partial charge in [-0.25, -0.2) is 9.48 Å². The number of alkyl halides is 3. The second-order valence-electron chi connectivity index (χ2n) is 7.16. The van der Waals surface area contributed by atoms with Crippen LogP contribution in [0.5, 0.6) is 0 Å². The maximum absolute atomic E-state index is 13.3. The van der Waals surface area contributed by atoms with Gasteiger partial charge in [0.25, 0.3) is 0 Å². The highest BCUT2D eigenvalue weighted by molar-refractivity contribution is 6.76. The quantitative estimate of drug-likeness (QED) is 0.559. The van der Waals surface area contributed by atoms with Crippen molar-refractivity contribution in [3.63, 3.8) is 0 Å². The van der Waals surface area contributed by atoms with Crippen molar-refractivity contribution >= 4 is 14.0 Å². The predicted molar refractivity (Wildman–Crippen MR) is 93.7 cm³/mol. The number of carbonyl (C=O) groups is 1. The lowest BCUT2D eigenvalue weighted by Gasteiger charge is -2.15. The molecular weight excluding hydrogens is 365 g/mol. The third kappa shape index (κ3) is 5.43. The molecule has 0 saturated heterocycles. The van der Waals surface area contributed by atoms with E-state index in [1.807, 2.05) is 0 Å². The highest BCUT2D eigenvalue weighted by atomic mass is 28.3. The van der Waals surface area contributed by atoms with E-state index in [4.69, 9.17) is 9.84 Å². The minimum absolute atomic E-state index is 0.0882. The van der Waals surface area contributed by atoms with Gasteiger partial charge >= 0.3 is 12.1 Å².